The number of ketones is 1. The van der Waals surface area contributed by atoms with Gasteiger partial charge in [0.2, 0.25) is 0 Å². The van der Waals surface area contributed by atoms with E-state index in [1.54, 1.807) is 19.0 Å². The van der Waals surface area contributed by atoms with E-state index in [4.69, 9.17) is 5.73 Å². The minimum atomic E-state index is -1.66. The van der Waals surface area contributed by atoms with Crippen molar-refractivity contribution in [1.82, 2.24) is 9.80 Å². The van der Waals surface area contributed by atoms with Crippen LogP contribution in [0.2, 0.25) is 0 Å². The number of hydrogen-bond acceptors (Lipinski definition) is 8. The average Bonchev–Trinajstić information content (AvgIpc) is 2.94. The summed E-state index contributed by atoms with van der Waals surface area (Å²) in [4.78, 5) is 30.7. The molecule has 9 nitrogen and oxygen atoms in total. The van der Waals surface area contributed by atoms with Crippen LogP contribution in [0, 0.1) is 11.8 Å². The standard InChI is InChI=1S/C34H44N3O6P/c1-6-12-37(17(2)3)16-18-8-7-9-19(13-18)21-10-11-24(38)26-22(21)14-20-15-23-28(36(4)5)30(40)27(33(35)43)32(42)34(23,44)31(41)25(20)29(26)39/h7-11,13,17,20,23,28,32,38,40-42H,6,12,14-16,44H2,1-5H3,(H2,35,43)/t20-,23-,28-,32?,34-/m0/s1. The van der Waals surface area contributed by atoms with Crippen molar-refractivity contribution in [2.45, 2.75) is 69.9 Å². The van der Waals surface area contributed by atoms with Crippen molar-refractivity contribution < 1.29 is 30.0 Å². The van der Waals surface area contributed by atoms with E-state index >= 15 is 0 Å². The second-order valence-corrected chi connectivity index (χ2v) is 13.9. The Morgan fingerprint density at radius 1 is 1.16 bits per heavy atom. The zero-order valence-electron chi connectivity index (χ0n) is 26.0. The first-order valence-electron chi connectivity index (χ1n) is 15.3. The number of nitrogens with two attached hydrogens (primary N) is 1. The van der Waals surface area contributed by atoms with E-state index in [0.29, 0.717) is 24.4 Å². The lowest BCUT2D eigenvalue weighted by molar-refractivity contribution is -0.116. The first-order chi connectivity index (χ1) is 20.7. The molecule has 3 aliphatic carbocycles. The van der Waals surface area contributed by atoms with Crippen LogP contribution in [0.1, 0.15) is 55.1 Å². The number of carbonyl (C=O) groups is 2. The number of aliphatic hydroxyl groups is 3. The number of allylic oxidation sites excluding steroid dienone is 1. The summed E-state index contributed by atoms with van der Waals surface area (Å²) >= 11 is 0. The van der Waals surface area contributed by atoms with Gasteiger partial charge in [0, 0.05) is 24.1 Å². The Morgan fingerprint density at radius 3 is 2.48 bits per heavy atom. The molecule has 0 radical (unpaired) electrons. The molecule has 0 aliphatic heterocycles. The zero-order valence-corrected chi connectivity index (χ0v) is 27.2. The maximum atomic E-state index is 14.2. The van der Waals surface area contributed by atoms with Gasteiger partial charge < -0.3 is 26.2 Å². The maximum absolute atomic E-state index is 14.2. The van der Waals surface area contributed by atoms with Gasteiger partial charge in [-0.05, 0) is 94.1 Å². The minimum absolute atomic E-state index is 0.110. The van der Waals surface area contributed by atoms with Crippen LogP contribution in [0.3, 0.4) is 0 Å². The number of amides is 1. The number of likely N-dealkylation sites (N-methyl/N-ethyl adjacent to an activating group) is 1. The predicted molar refractivity (Wildman–Crippen MR) is 173 cm³/mol. The lowest BCUT2D eigenvalue weighted by Gasteiger charge is -2.54. The second-order valence-electron chi connectivity index (χ2n) is 13.0. The van der Waals surface area contributed by atoms with Gasteiger partial charge in [-0.2, -0.15) is 0 Å². The smallest absolute Gasteiger partial charge is 0.250 e. The monoisotopic (exact) mass is 621 g/mol. The van der Waals surface area contributed by atoms with E-state index in [9.17, 15) is 30.0 Å². The van der Waals surface area contributed by atoms with Crippen LogP contribution in [0.4, 0.5) is 0 Å². The van der Waals surface area contributed by atoms with Crippen LogP contribution >= 0.6 is 9.24 Å². The number of Topliss-reactive ketones (excluding diaryl/α,β-unsaturated/α-hetero) is 1. The Morgan fingerprint density at radius 2 is 1.86 bits per heavy atom. The van der Waals surface area contributed by atoms with Crippen molar-refractivity contribution >= 4 is 20.9 Å². The molecule has 5 rings (SSSR count). The average molecular weight is 622 g/mol. The number of phenolic OH excluding ortho intramolecular Hbond substituents is 1. The third-order valence-electron chi connectivity index (χ3n) is 9.79. The van der Waals surface area contributed by atoms with Crippen LogP contribution in [0.5, 0.6) is 5.75 Å². The maximum Gasteiger partial charge on any atom is 0.250 e. The van der Waals surface area contributed by atoms with Crippen LogP contribution in [0.15, 0.2) is 59.1 Å². The summed E-state index contributed by atoms with van der Waals surface area (Å²) in [6.07, 6.45) is 0.0921. The highest BCUT2D eigenvalue weighted by atomic mass is 31.0. The number of hydrogen-bond donors (Lipinski definition) is 5. The Labute approximate surface area is 261 Å². The fourth-order valence-corrected chi connectivity index (χ4v) is 8.29. The molecule has 0 heterocycles. The molecular weight excluding hydrogens is 577 g/mol. The molecule has 0 bridgehead atoms. The molecule has 44 heavy (non-hydrogen) atoms. The molecule has 0 saturated heterocycles. The summed E-state index contributed by atoms with van der Waals surface area (Å²) in [5.74, 6) is -3.40. The lowest BCUT2D eigenvalue weighted by atomic mass is 9.59. The summed E-state index contributed by atoms with van der Waals surface area (Å²) in [5, 5.41) is 43.8. The van der Waals surface area contributed by atoms with Crippen LogP contribution < -0.4 is 5.73 Å². The van der Waals surface area contributed by atoms with Gasteiger partial charge in [0.15, 0.2) is 5.78 Å². The summed E-state index contributed by atoms with van der Waals surface area (Å²) in [7, 11) is 5.95. The van der Waals surface area contributed by atoms with Crippen LogP contribution in [-0.4, -0.2) is 85.9 Å². The largest absolute Gasteiger partial charge is 0.511 e. The summed E-state index contributed by atoms with van der Waals surface area (Å²) in [5.41, 5.74) is 9.06. The molecule has 0 spiro atoms. The van der Waals surface area contributed by atoms with Crippen LogP contribution in [-0.2, 0) is 17.8 Å². The molecule has 6 atom stereocenters. The highest BCUT2D eigenvalue weighted by molar-refractivity contribution is 7.19. The molecule has 1 amide bonds. The molecule has 2 unspecified atom stereocenters. The minimum Gasteiger partial charge on any atom is -0.511 e. The first kappa shape index (κ1) is 32.2. The molecule has 0 saturated carbocycles. The number of aliphatic hydroxyl groups excluding tert-OH is 3. The quantitative estimate of drug-likeness (QED) is 0.277. The SMILES string of the molecule is CCCN(Cc1cccc(-c2ccc(O)c3c2C[C@H]2C[C@H]4[C@H](N(C)C)C(O)=C(C(N)=O)C(O)[C@@]4(P)C(O)=C2C3=O)c1)C(C)C. The van der Waals surface area contributed by atoms with Gasteiger partial charge in [-0.1, -0.05) is 31.2 Å². The highest BCUT2D eigenvalue weighted by Crippen LogP contribution is 2.57. The number of rotatable bonds is 8. The number of aromatic hydroxyl groups is 1. The molecule has 10 heteroatoms. The van der Waals surface area contributed by atoms with E-state index in [2.05, 4.69) is 47.0 Å². The van der Waals surface area contributed by atoms with Gasteiger partial charge in [-0.3, -0.25) is 19.4 Å². The summed E-state index contributed by atoms with van der Waals surface area (Å²) in [6.45, 7) is 8.32. The molecule has 0 aromatic heterocycles. The lowest BCUT2D eigenvalue weighted by Crippen LogP contribution is -2.62. The number of fused-ring (bicyclic) bond motifs is 3. The van der Waals surface area contributed by atoms with E-state index < -0.39 is 40.8 Å². The molecule has 2 aromatic rings. The zero-order chi connectivity index (χ0) is 32.2. The summed E-state index contributed by atoms with van der Waals surface area (Å²) in [6, 6.07) is 11.2. The van der Waals surface area contributed by atoms with Gasteiger partial charge in [0.05, 0.1) is 22.3 Å². The highest BCUT2D eigenvalue weighted by Gasteiger charge is 2.61. The van der Waals surface area contributed by atoms with Gasteiger partial charge in [-0.25, -0.2) is 0 Å². The van der Waals surface area contributed by atoms with E-state index in [1.807, 2.05) is 18.2 Å². The topological polar surface area (TPSA) is 148 Å². The van der Waals surface area contributed by atoms with Crippen LogP contribution in [0.25, 0.3) is 11.1 Å². The second kappa shape index (κ2) is 11.9. The molecule has 3 aliphatic rings. The Balaban J connectivity index is 1.62. The third kappa shape index (κ3) is 5.04. The van der Waals surface area contributed by atoms with Gasteiger partial charge in [0.25, 0.3) is 5.91 Å². The number of carbonyl (C=O) groups excluding carboxylic acids is 2. The van der Waals surface area contributed by atoms with Gasteiger partial charge in [-0.15, -0.1) is 9.24 Å². The molecule has 236 valence electrons. The van der Waals surface area contributed by atoms with E-state index in [-0.39, 0.29) is 34.0 Å². The Hall–Kier alpha value is -3.23. The van der Waals surface area contributed by atoms with Crippen molar-refractivity contribution in [3.05, 3.63) is 75.8 Å². The van der Waals surface area contributed by atoms with Crippen molar-refractivity contribution in [3.63, 3.8) is 0 Å². The molecular formula is C34H44N3O6P. The number of primary amides is 1. The number of nitrogens with zero attached hydrogens (tertiary/aromatic N) is 2. The van der Waals surface area contributed by atoms with Crippen molar-refractivity contribution in [3.8, 4) is 16.9 Å². The van der Waals surface area contributed by atoms with Crippen molar-refractivity contribution in [1.29, 1.82) is 0 Å². The van der Waals surface area contributed by atoms with Crippen molar-refractivity contribution in [2.75, 3.05) is 20.6 Å². The van der Waals surface area contributed by atoms with Gasteiger partial charge >= 0.3 is 0 Å². The van der Waals surface area contributed by atoms with E-state index in [0.717, 1.165) is 36.2 Å². The Kier molecular flexibility index (Phi) is 8.73. The van der Waals surface area contributed by atoms with E-state index in [1.165, 1.54) is 6.07 Å². The first-order valence-corrected chi connectivity index (χ1v) is 15.8. The number of benzene rings is 2. The van der Waals surface area contributed by atoms with Crippen molar-refractivity contribution in [2.24, 2.45) is 17.6 Å². The predicted octanol–water partition coefficient (Wildman–Crippen LogP) is 4.08. The normalized spacial score (nSPS) is 26.7. The summed E-state index contributed by atoms with van der Waals surface area (Å²) < 4.78 is 0. The fraction of sp³-hybridized carbons (Fsp3) is 0.471. The van der Waals surface area contributed by atoms with Gasteiger partial charge in [0.1, 0.15) is 23.4 Å². The molecule has 0 fully saturated rings. The number of phenols is 1. The Bertz CT molecular complexity index is 1570. The molecule has 2 aromatic carbocycles. The third-order valence-corrected chi connectivity index (χ3v) is 10.8. The fourth-order valence-electron chi connectivity index (χ4n) is 7.65. The molecule has 6 N–H and O–H groups in total.